The molecule has 1 aromatic heterocycles. The van der Waals surface area contributed by atoms with E-state index in [0.717, 1.165) is 37.6 Å². The van der Waals surface area contributed by atoms with Gasteiger partial charge in [0.05, 0.1) is 5.69 Å². The predicted octanol–water partition coefficient (Wildman–Crippen LogP) is 0.355. The summed E-state index contributed by atoms with van der Waals surface area (Å²) in [6.07, 6.45) is 1.10. The van der Waals surface area contributed by atoms with Crippen LogP contribution in [0, 0.1) is 0 Å². The summed E-state index contributed by atoms with van der Waals surface area (Å²) >= 11 is 0. The fraction of sp³-hybridized carbons (Fsp3) is 0.692. The van der Waals surface area contributed by atoms with Crippen LogP contribution < -0.4 is 21.3 Å². The molecule has 4 N–H and O–H groups in total. The van der Waals surface area contributed by atoms with Gasteiger partial charge in [0.25, 0.3) is 0 Å². The number of hydrogen-bond donors (Lipinski definition) is 3. The van der Waals surface area contributed by atoms with Crippen LogP contribution >= 0.6 is 0 Å². The van der Waals surface area contributed by atoms with Crippen LogP contribution in [0.4, 0.5) is 11.8 Å². The molecule has 1 aliphatic rings. The number of nitrogens with one attached hydrogen (secondary N) is 2. The Hall–Kier alpha value is -1.40. The van der Waals surface area contributed by atoms with Crippen molar-refractivity contribution in [2.75, 3.05) is 30.8 Å². The van der Waals surface area contributed by atoms with E-state index in [1.54, 1.807) is 0 Å². The van der Waals surface area contributed by atoms with Gasteiger partial charge < -0.3 is 21.3 Å². The van der Waals surface area contributed by atoms with E-state index in [2.05, 4.69) is 39.3 Å². The molecule has 1 fully saturated rings. The average Bonchev–Trinajstić information content (AvgIpc) is 2.34. The van der Waals surface area contributed by atoms with E-state index in [1.807, 2.05) is 13.1 Å². The average molecular weight is 264 g/mol. The third kappa shape index (κ3) is 3.54. The van der Waals surface area contributed by atoms with E-state index in [9.17, 15) is 0 Å². The summed E-state index contributed by atoms with van der Waals surface area (Å²) in [5.41, 5.74) is 6.74. The third-order valence-electron chi connectivity index (χ3n) is 3.64. The first-order valence-corrected chi connectivity index (χ1v) is 6.91. The molecule has 2 heterocycles. The Labute approximate surface area is 114 Å². The van der Waals surface area contributed by atoms with Crippen molar-refractivity contribution >= 4 is 11.8 Å². The highest BCUT2D eigenvalue weighted by atomic mass is 15.3. The number of hydrogen-bond acceptors (Lipinski definition) is 6. The predicted molar refractivity (Wildman–Crippen MR) is 78.1 cm³/mol. The molecule has 0 bridgehead atoms. The molecule has 0 radical (unpaired) electrons. The minimum atomic E-state index is 0.353. The maximum absolute atomic E-state index is 5.79. The molecule has 0 aliphatic carbocycles. The second kappa shape index (κ2) is 6.16. The molecule has 6 nitrogen and oxygen atoms in total. The molecule has 6 heteroatoms. The van der Waals surface area contributed by atoms with Crippen molar-refractivity contribution in [3.05, 3.63) is 11.8 Å². The molecule has 0 unspecified atom stereocenters. The second-order valence-electron chi connectivity index (χ2n) is 5.16. The minimum absolute atomic E-state index is 0.353. The summed E-state index contributed by atoms with van der Waals surface area (Å²) in [5, 5.41) is 6.67. The number of anilines is 2. The first-order chi connectivity index (χ1) is 9.12. The van der Waals surface area contributed by atoms with Crippen LogP contribution in [0.1, 0.15) is 26.0 Å². The van der Waals surface area contributed by atoms with E-state index in [-0.39, 0.29) is 0 Å². The van der Waals surface area contributed by atoms with Crippen molar-refractivity contribution in [2.45, 2.75) is 38.9 Å². The van der Waals surface area contributed by atoms with Gasteiger partial charge in [0.1, 0.15) is 5.82 Å². The van der Waals surface area contributed by atoms with Gasteiger partial charge in [-0.05, 0) is 20.4 Å². The molecule has 0 amide bonds. The number of rotatable bonds is 6. The third-order valence-corrected chi connectivity index (χ3v) is 3.64. The fourth-order valence-corrected chi connectivity index (χ4v) is 2.03. The van der Waals surface area contributed by atoms with Crippen molar-refractivity contribution in [3.8, 4) is 0 Å². The molecule has 2 rings (SSSR count). The Balaban J connectivity index is 1.99. The van der Waals surface area contributed by atoms with Crippen molar-refractivity contribution < 1.29 is 0 Å². The molecule has 106 valence electrons. The van der Waals surface area contributed by atoms with Gasteiger partial charge in [-0.3, -0.25) is 0 Å². The summed E-state index contributed by atoms with van der Waals surface area (Å²) < 4.78 is 0. The molecular formula is C13H24N6. The molecule has 1 aromatic rings. The standard InChI is InChI=1S/C13H24N6/c1-4-9(2)16-6-10-5-12(18-13(14)17-10)19-7-11(8-19)15-3/h5,9,11,15-16H,4,6-8H2,1-3H3,(H2,14,17,18)/t9-/m1/s1. The molecular weight excluding hydrogens is 240 g/mol. The van der Waals surface area contributed by atoms with Crippen LogP contribution in [0.25, 0.3) is 0 Å². The zero-order valence-corrected chi connectivity index (χ0v) is 12.0. The summed E-state index contributed by atoms with van der Waals surface area (Å²) in [6, 6.07) is 3.06. The Morgan fingerprint density at radius 1 is 1.47 bits per heavy atom. The van der Waals surface area contributed by atoms with Gasteiger partial charge in [0, 0.05) is 37.8 Å². The first kappa shape index (κ1) is 14.0. The number of nitrogens with zero attached hydrogens (tertiary/aromatic N) is 3. The Morgan fingerprint density at radius 2 is 2.21 bits per heavy atom. The molecule has 0 aromatic carbocycles. The lowest BCUT2D eigenvalue weighted by atomic mass is 10.1. The van der Waals surface area contributed by atoms with Crippen LogP contribution in [-0.4, -0.2) is 42.2 Å². The van der Waals surface area contributed by atoms with Gasteiger partial charge in [0.2, 0.25) is 5.95 Å². The van der Waals surface area contributed by atoms with Gasteiger partial charge in [-0.1, -0.05) is 6.92 Å². The zero-order chi connectivity index (χ0) is 13.8. The number of likely N-dealkylation sites (N-methyl/N-ethyl adjacent to an activating group) is 1. The van der Waals surface area contributed by atoms with E-state index < -0.39 is 0 Å². The summed E-state index contributed by atoms with van der Waals surface area (Å²) in [4.78, 5) is 10.8. The normalized spacial score (nSPS) is 17.3. The van der Waals surface area contributed by atoms with Crippen LogP contribution in [-0.2, 0) is 6.54 Å². The fourth-order valence-electron chi connectivity index (χ4n) is 2.03. The van der Waals surface area contributed by atoms with E-state index in [1.165, 1.54) is 0 Å². The van der Waals surface area contributed by atoms with Crippen LogP contribution in [0.5, 0.6) is 0 Å². The second-order valence-corrected chi connectivity index (χ2v) is 5.16. The molecule has 1 aliphatic heterocycles. The summed E-state index contributed by atoms with van der Waals surface area (Å²) in [5.74, 6) is 1.28. The topological polar surface area (TPSA) is 79.1 Å². The molecule has 1 atom stereocenters. The zero-order valence-electron chi connectivity index (χ0n) is 12.0. The van der Waals surface area contributed by atoms with E-state index in [4.69, 9.17) is 5.73 Å². The highest BCUT2D eigenvalue weighted by Crippen LogP contribution is 2.20. The lowest BCUT2D eigenvalue weighted by Gasteiger charge is -2.40. The lowest BCUT2D eigenvalue weighted by Crippen LogP contribution is -2.57. The molecule has 19 heavy (non-hydrogen) atoms. The van der Waals surface area contributed by atoms with Crippen molar-refractivity contribution in [2.24, 2.45) is 0 Å². The van der Waals surface area contributed by atoms with Crippen molar-refractivity contribution in [1.29, 1.82) is 0 Å². The summed E-state index contributed by atoms with van der Waals surface area (Å²) in [6.45, 7) is 7.02. The SMILES string of the molecule is CC[C@@H](C)NCc1cc(N2CC(NC)C2)nc(N)n1. The van der Waals surface area contributed by atoms with Crippen LogP contribution in [0.3, 0.4) is 0 Å². The summed E-state index contributed by atoms with van der Waals surface area (Å²) in [7, 11) is 1.98. The minimum Gasteiger partial charge on any atom is -0.368 e. The monoisotopic (exact) mass is 264 g/mol. The van der Waals surface area contributed by atoms with Crippen LogP contribution in [0.2, 0.25) is 0 Å². The van der Waals surface area contributed by atoms with Gasteiger partial charge in [-0.15, -0.1) is 0 Å². The van der Waals surface area contributed by atoms with Gasteiger partial charge in [-0.2, -0.15) is 4.98 Å². The lowest BCUT2D eigenvalue weighted by molar-refractivity contribution is 0.446. The number of nitrogens with two attached hydrogens (primary N) is 1. The maximum Gasteiger partial charge on any atom is 0.222 e. The van der Waals surface area contributed by atoms with Crippen molar-refractivity contribution in [1.82, 2.24) is 20.6 Å². The quantitative estimate of drug-likeness (QED) is 0.688. The van der Waals surface area contributed by atoms with E-state index in [0.29, 0.717) is 18.0 Å². The highest BCUT2D eigenvalue weighted by molar-refractivity contribution is 5.46. The Morgan fingerprint density at radius 3 is 2.84 bits per heavy atom. The van der Waals surface area contributed by atoms with Gasteiger partial charge >= 0.3 is 0 Å². The number of aromatic nitrogens is 2. The molecule has 0 spiro atoms. The smallest absolute Gasteiger partial charge is 0.222 e. The molecule has 1 saturated heterocycles. The number of nitrogen functional groups attached to an aromatic ring is 1. The highest BCUT2D eigenvalue weighted by Gasteiger charge is 2.26. The van der Waals surface area contributed by atoms with Gasteiger partial charge in [0.15, 0.2) is 0 Å². The maximum atomic E-state index is 5.79. The van der Waals surface area contributed by atoms with Crippen molar-refractivity contribution in [3.63, 3.8) is 0 Å². The van der Waals surface area contributed by atoms with Gasteiger partial charge in [-0.25, -0.2) is 4.98 Å². The van der Waals surface area contributed by atoms with E-state index >= 15 is 0 Å². The Bertz CT molecular complexity index is 416. The molecule has 0 saturated carbocycles. The van der Waals surface area contributed by atoms with Crippen LogP contribution in [0.15, 0.2) is 6.07 Å². The Kier molecular flexibility index (Phi) is 4.55. The largest absolute Gasteiger partial charge is 0.368 e. The first-order valence-electron chi connectivity index (χ1n) is 6.91.